The van der Waals surface area contributed by atoms with Gasteiger partial charge in [-0.05, 0) is 48.9 Å². The number of benzene rings is 1. The van der Waals surface area contributed by atoms with Gasteiger partial charge in [-0.15, -0.1) is 10.2 Å². The zero-order valence-corrected chi connectivity index (χ0v) is 15.0. The molecule has 0 bridgehead atoms. The van der Waals surface area contributed by atoms with Gasteiger partial charge >= 0.3 is 0 Å². The van der Waals surface area contributed by atoms with Crippen LogP contribution in [0.1, 0.15) is 5.56 Å². The molecule has 2 aromatic heterocycles. The van der Waals surface area contributed by atoms with Crippen molar-refractivity contribution in [2.45, 2.75) is 11.9 Å². The van der Waals surface area contributed by atoms with Gasteiger partial charge in [-0.3, -0.25) is 9.78 Å². The lowest BCUT2D eigenvalue weighted by molar-refractivity contribution is -0.113. The Balaban J connectivity index is 1.56. The van der Waals surface area contributed by atoms with E-state index < -0.39 is 0 Å². The third kappa shape index (κ3) is 4.78. The molecule has 0 aliphatic heterocycles. The van der Waals surface area contributed by atoms with Crippen LogP contribution < -0.4 is 5.32 Å². The molecular weight excluding hydrogens is 356 g/mol. The molecule has 0 atom stereocenters. The zero-order chi connectivity index (χ0) is 17.6. The number of nitrogens with zero attached hydrogens (tertiary/aromatic N) is 3. The molecule has 0 radical (unpaired) electrons. The highest BCUT2D eigenvalue weighted by Gasteiger charge is 2.07. The SMILES string of the molecule is Cc1ccc(NC(=O)CSc2ccc(-c3ccccn3)nn2)cc1Cl. The number of aromatic nitrogens is 3. The molecule has 0 fully saturated rings. The van der Waals surface area contributed by atoms with Crippen LogP contribution in [0.4, 0.5) is 5.69 Å². The summed E-state index contributed by atoms with van der Waals surface area (Å²) in [6.07, 6.45) is 1.71. The third-order valence-electron chi connectivity index (χ3n) is 3.37. The second kappa shape index (κ2) is 8.09. The summed E-state index contributed by atoms with van der Waals surface area (Å²) >= 11 is 7.38. The Morgan fingerprint density at radius 2 is 2.00 bits per heavy atom. The number of carbonyl (C=O) groups excluding carboxylic acids is 1. The van der Waals surface area contributed by atoms with Crippen LogP contribution in [0.3, 0.4) is 0 Å². The fourth-order valence-electron chi connectivity index (χ4n) is 2.06. The number of hydrogen-bond donors (Lipinski definition) is 1. The lowest BCUT2D eigenvalue weighted by Gasteiger charge is -2.06. The normalized spacial score (nSPS) is 10.5. The van der Waals surface area contributed by atoms with E-state index in [1.54, 1.807) is 12.3 Å². The van der Waals surface area contributed by atoms with E-state index in [0.717, 1.165) is 11.3 Å². The Kier molecular flexibility index (Phi) is 5.63. The number of thioether (sulfide) groups is 1. The third-order valence-corrected chi connectivity index (χ3v) is 4.70. The minimum absolute atomic E-state index is 0.125. The summed E-state index contributed by atoms with van der Waals surface area (Å²) in [5.74, 6) is 0.115. The number of aryl methyl sites for hydroxylation is 1. The van der Waals surface area contributed by atoms with E-state index in [0.29, 0.717) is 21.4 Å². The van der Waals surface area contributed by atoms with Crippen molar-refractivity contribution < 1.29 is 4.79 Å². The van der Waals surface area contributed by atoms with Crippen LogP contribution in [0, 0.1) is 6.92 Å². The average Bonchev–Trinajstić information content (AvgIpc) is 2.64. The van der Waals surface area contributed by atoms with Gasteiger partial charge in [-0.25, -0.2) is 0 Å². The van der Waals surface area contributed by atoms with Gasteiger partial charge in [-0.1, -0.05) is 35.5 Å². The first-order valence-electron chi connectivity index (χ1n) is 7.56. The van der Waals surface area contributed by atoms with E-state index >= 15 is 0 Å². The number of hydrogen-bond acceptors (Lipinski definition) is 5. The standard InChI is InChI=1S/C18H15ClN4OS/c1-12-5-6-13(10-14(12)19)21-17(24)11-25-18-8-7-16(22-23-18)15-4-2-3-9-20-15/h2-10H,11H2,1H3,(H,21,24). The Bertz CT molecular complexity index is 872. The zero-order valence-electron chi connectivity index (χ0n) is 13.4. The Labute approximate surface area is 154 Å². The van der Waals surface area contributed by atoms with Crippen molar-refractivity contribution in [3.05, 3.63) is 65.3 Å². The van der Waals surface area contributed by atoms with Crippen molar-refractivity contribution >= 4 is 35.0 Å². The van der Waals surface area contributed by atoms with Crippen LogP contribution in [0.15, 0.2) is 59.8 Å². The monoisotopic (exact) mass is 370 g/mol. The molecule has 1 aromatic carbocycles. The maximum absolute atomic E-state index is 12.0. The summed E-state index contributed by atoms with van der Waals surface area (Å²) in [4.78, 5) is 16.3. The molecule has 0 aliphatic carbocycles. The summed E-state index contributed by atoms with van der Waals surface area (Å²) in [6, 6.07) is 14.7. The van der Waals surface area contributed by atoms with Gasteiger partial charge in [0.1, 0.15) is 10.7 Å². The topological polar surface area (TPSA) is 67.8 Å². The van der Waals surface area contributed by atoms with Crippen molar-refractivity contribution in [2.75, 3.05) is 11.1 Å². The first kappa shape index (κ1) is 17.4. The Hall–Kier alpha value is -2.44. The quantitative estimate of drug-likeness (QED) is 0.680. The summed E-state index contributed by atoms with van der Waals surface area (Å²) in [5.41, 5.74) is 3.11. The van der Waals surface area contributed by atoms with Gasteiger partial charge in [0, 0.05) is 16.9 Å². The molecule has 0 unspecified atom stereocenters. The van der Waals surface area contributed by atoms with E-state index in [-0.39, 0.29) is 11.7 Å². The molecule has 0 spiro atoms. The van der Waals surface area contributed by atoms with Gasteiger partial charge < -0.3 is 5.32 Å². The van der Waals surface area contributed by atoms with Crippen LogP contribution in [-0.4, -0.2) is 26.8 Å². The number of nitrogens with one attached hydrogen (secondary N) is 1. The number of pyridine rings is 1. The number of halogens is 1. The first-order valence-corrected chi connectivity index (χ1v) is 8.92. The minimum atomic E-state index is -0.125. The van der Waals surface area contributed by atoms with Crippen LogP contribution in [-0.2, 0) is 4.79 Å². The number of anilines is 1. The maximum Gasteiger partial charge on any atom is 0.234 e. The van der Waals surface area contributed by atoms with Gasteiger partial charge in [0.25, 0.3) is 0 Å². The average molecular weight is 371 g/mol. The number of carbonyl (C=O) groups is 1. The fraction of sp³-hybridized carbons (Fsp3) is 0.111. The molecule has 0 aliphatic rings. The number of amides is 1. The first-order chi connectivity index (χ1) is 12.1. The lowest BCUT2D eigenvalue weighted by Crippen LogP contribution is -2.14. The van der Waals surface area contributed by atoms with Crippen molar-refractivity contribution in [3.8, 4) is 11.4 Å². The molecule has 0 saturated heterocycles. The molecule has 126 valence electrons. The molecular formula is C18H15ClN4OS. The van der Waals surface area contributed by atoms with Gasteiger partial charge in [0.2, 0.25) is 5.91 Å². The Morgan fingerprint density at radius 3 is 2.68 bits per heavy atom. The van der Waals surface area contributed by atoms with Gasteiger partial charge in [0.15, 0.2) is 0 Å². The van der Waals surface area contributed by atoms with Crippen molar-refractivity contribution in [3.63, 3.8) is 0 Å². The van der Waals surface area contributed by atoms with Crippen molar-refractivity contribution in [2.24, 2.45) is 0 Å². The summed E-state index contributed by atoms with van der Waals surface area (Å²) in [5, 5.41) is 12.4. The summed E-state index contributed by atoms with van der Waals surface area (Å²) in [7, 11) is 0. The largest absolute Gasteiger partial charge is 0.325 e. The summed E-state index contributed by atoms with van der Waals surface area (Å²) < 4.78 is 0. The maximum atomic E-state index is 12.0. The minimum Gasteiger partial charge on any atom is -0.325 e. The smallest absolute Gasteiger partial charge is 0.234 e. The molecule has 3 aromatic rings. The highest BCUT2D eigenvalue weighted by Crippen LogP contribution is 2.21. The molecule has 1 amide bonds. The van der Waals surface area contributed by atoms with Crippen LogP contribution in [0.5, 0.6) is 0 Å². The van der Waals surface area contributed by atoms with Crippen molar-refractivity contribution in [1.29, 1.82) is 0 Å². The predicted octanol–water partition coefficient (Wildman–Crippen LogP) is 4.23. The molecule has 1 N–H and O–H groups in total. The fourth-order valence-corrected chi connectivity index (χ4v) is 2.85. The molecule has 25 heavy (non-hydrogen) atoms. The molecule has 0 saturated carbocycles. The van der Waals surface area contributed by atoms with E-state index in [1.165, 1.54) is 11.8 Å². The second-order valence-electron chi connectivity index (χ2n) is 5.27. The van der Waals surface area contributed by atoms with Gasteiger partial charge in [-0.2, -0.15) is 0 Å². The molecule has 7 heteroatoms. The van der Waals surface area contributed by atoms with Crippen LogP contribution >= 0.6 is 23.4 Å². The molecule has 5 nitrogen and oxygen atoms in total. The highest BCUT2D eigenvalue weighted by molar-refractivity contribution is 7.99. The van der Waals surface area contributed by atoms with E-state index in [2.05, 4.69) is 20.5 Å². The van der Waals surface area contributed by atoms with Crippen molar-refractivity contribution in [1.82, 2.24) is 15.2 Å². The molecule has 2 heterocycles. The summed E-state index contributed by atoms with van der Waals surface area (Å²) in [6.45, 7) is 1.91. The highest BCUT2D eigenvalue weighted by atomic mass is 35.5. The molecule has 3 rings (SSSR count). The van der Waals surface area contributed by atoms with Crippen LogP contribution in [0.25, 0.3) is 11.4 Å². The van der Waals surface area contributed by atoms with E-state index in [4.69, 9.17) is 11.6 Å². The van der Waals surface area contributed by atoms with E-state index in [9.17, 15) is 4.79 Å². The lowest BCUT2D eigenvalue weighted by atomic mass is 10.2. The van der Waals surface area contributed by atoms with E-state index in [1.807, 2.05) is 49.4 Å². The number of rotatable bonds is 5. The second-order valence-corrected chi connectivity index (χ2v) is 6.68. The Morgan fingerprint density at radius 1 is 1.12 bits per heavy atom. The van der Waals surface area contributed by atoms with Gasteiger partial charge in [0.05, 0.1) is 11.4 Å². The van der Waals surface area contributed by atoms with Crippen LogP contribution in [0.2, 0.25) is 5.02 Å². The predicted molar refractivity (Wildman–Crippen MR) is 101 cm³/mol.